The third-order valence-electron chi connectivity index (χ3n) is 2.29. The zero-order valence-electron chi connectivity index (χ0n) is 8.31. The van der Waals surface area contributed by atoms with Gasteiger partial charge in [-0.15, -0.1) is 0 Å². The van der Waals surface area contributed by atoms with Gasteiger partial charge in [-0.05, 0) is 35.4 Å². The first-order valence-corrected chi connectivity index (χ1v) is 4.70. The number of aromatic hydroxyl groups is 1. The maximum Gasteiger partial charge on any atom is 0.133 e. The van der Waals surface area contributed by atoms with Crippen LogP contribution < -0.4 is 0 Å². The third-order valence-corrected chi connectivity index (χ3v) is 2.29. The monoisotopic (exact) mass is 213 g/mol. The molecule has 0 saturated carbocycles. The molecule has 0 unspecified atom stereocenters. The Bertz CT molecular complexity index is 555. The first-order valence-electron chi connectivity index (χ1n) is 4.70. The van der Waals surface area contributed by atoms with Gasteiger partial charge in [0.2, 0.25) is 0 Å². The van der Waals surface area contributed by atoms with Gasteiger partial charge in [0.05, 0.1) is 5.56 Å². The number of halogens is 1. The molecule has 0 aliphatic rings. The number of benzene rings is 2. The first kappa shape index (κ1) is 10.2. The van der Waals surface area contributed by atoms with E-state index in [1.54, 1.807) is 24.3 Å². The van der Waals surface area contributed by atoms with Gasteiger partial charge in [-0.3, -0.25) is 0 Å². The Morgan fingerprint density at radius 1 is 1.00 bits per heavy atom. The van der Waals surface area contributed by atoms with Crippen LogP contribution in [0.3, 0.4) is 0 Å². The van der Waals surface area contributed by atoms with Crippen molar-refractivity contribution in [3.8, 4) is 22.9 Å². The van der Waals surface area contributed by atoms with Crippen LogP contribution in [0.2, 0.25) is 0 Å². The minimum atomic E-state index is -0.303. The molecule has 0 radical (unpaired) electrons. The maximum absolute atomic E-state index is 12.7. The molecule has 3 heteroatoms. The van der Waals surface area contributed by atoms with Crippen molar-refractivity contribution in [3.63, 3.8) is 0 Å². The molecule has 0 saturated heterocycles. The summed E-state index contributed by atoms with van der Waals surface area (Å²) < 4.78 is 12.7. The van der Waals surface area contributed by atoms with Gasteiger partial charge < -0.3 is 5.11 Å². The molecule has 2 aromatic carbocycles. The van der Waals surface area contributed by atoms with Gasteiger partial charge in [0, 0.05) is 0 Å². The molecule has 2 aromatic rings. The molecule has 2 nitrogen and oxygen atoms in total. The first-order chi connectivity index (χ1) is 7.70. The number of hydrogen-bond acceptors (Lipinski definition) is 2. The molecule has 0 aliphatic carbocycles. The van der Waals surface area contributed by atoms with Crippen molar-refractivity contribution in [2.75, 3.05) is 0 Å². The lowest BCUT2D eigenvalue weighted by Crippen LogP contribution is -1.82. The highest BCUT2D eigenvalue weighted by Gasteiger charge is 2.03. The summed E-state index contributed by atoms with van der Waals surface area (Å²) in [6, 6.07) is 12.6. The number of nitrogens with zero attached hydrogens (tertiary/aromatic N) is 1. The number of phenolic OH excluding ortho intramolecular Hbond substituents is 1. The normalized spacial score (nSPS) is 9.75. The van der Waals surface area contributed by atoms with Crippen LogP contribution in [-0.4, -0.2) is 5.11 Å². The Morgan fingerprint density at radius 2 is 1.62 bits per heavy atom. The van der Waals surface area contributed by atoms with Crippen LogP contribution in [0.5, 0.6) is 5.75 Å². The summed E-state index contributed by atoms with van der Waals surface area (Å²) in [6.07, 6.45) is 0. The summed E-state index contributed by atoms with van der Waals surface area (Å²) in [5.74, 6) is -0.351. The van der Waals surface area contributed by atoms with E-state index < -0.39 is 0 Å². The molecular formula is C13H8FNO. The van der Waals surface area contributed by atoms with E-state index in [0.717, 1.165) is 11.1 Å². The standard InChI is InChI=1S/C13H8FNO/c14-12-4-1-9(2-5-12)10-3-6-13(16)11(7-10)8-15/h1-7,16H. The van der Waals surface area contributed by atoms with E-state index in [9.17, 15) is 9.50 Å². The van der Waals surface area contributed by atoms with Gasteiger partial charge in [0.15, 0.2) is 0 Å². The third kappa shape index (κ3) is 1.86. The summed E-state index contributed by atoms with van der Waals surface area (Å²) >= 11 is 0. The number of phenols is 1. The predicted octanol–water partition coefficient (Wildman–Crippen LogP) is 3.07. The summed E-state index contributed by atoms with van der Waals surface area (Å²) in [6.45, 7) is 0. The second-order valence-corrected chi connectivity index (χ2v) is 3.35. The molecule has 78 valence electrons. The molecule has 0 aliphatic heterocycles. The zero-order valence-corrected chi connectivity index (χ0v) is 8.31. The van der Waals surface area contributed by atoms with Crippen molar-refractivity contribution in [1.82, 2.24) is 0 Å². The van der Waals surface area contributed by atoms with E-state index in [1.807, 2.05) is 6.07 Å². The predicted molar refractivity (Wildman–Crippen MR) is 58.2 cm³/mol. The van der Waals surface area contributed by atoms with E-state index in [2.05, 4.69) is 0 Å². The average Bonchev–Trinajstić information content (AvgIpc) is 2.31. The topological polar surface area (TPSA) is 44.0 Å². The Balaban J connectivity index is 2.49. The fraction of sp³-hybridized carbons (Fsp3) is 0. The maximum atomic E-state index is 12.7. The lowest BCUT2D eigenvalue weighted by molar-refractivity contribution is 0.473. The molecule has 0 aromatic heterocycles. The summed E-state index contributed by atoms with van der Waals surface area (Å²) in [5.41, 5.74) is 1.79. The Kier molecular flexibility index (Phi) is 2.57. The van der Waals surface area contributed by atoms with Crippen LogP contribution in [0.15, 0.2) is 42.5 Å². The van der Waals surface area contributed by atoms with Crippen LogP contribution in [0, 0.1) is 17.1 Å². The van der Waals surface area contributed by atoms with Crippen LogP contribution in [0.25, 0.3) is 11.1 Å². The van der Waals surface area contributed by atoms with Crippen LogP contribution >= 0.6 is 0 Å². The highest BCUT2D eigenvalue weighted by atomic mass is 19.1. The van der Waals surface area contributed by atoms with Crippen molar-refractivity contribution >= 4 is 0 Å². The van der Waals surface area contributed by atoms with Gasteiger partial charge in [0.25, 0.3) is 0 Å². The van der Waals surface area contributed by atoms with E-state index in [-0.39, 0.29) is 17.1 Å². The van der Waals surface area contributed by atoms with Crippen molar-refractivity contribution < 1.29 is 9.50 Å². The quantitative estimate of drug-likeness (QED) is 0.791. The van der Waals surface area contributed by atoms with Crippen molar-refractivity contribution in [1.29, 1.82) is 5.26 Å². The molecule has 0 bridgehead atoms. The largest absolute Gasteiger partial charge is 0.507 e. The molecule has 0 amide bonds. The van der Waals surface area contributed by atoms with E-state index in [1.165, 1.54) is 18.2 Å². The molecule has 0 spiro atoms. The van der Waals surface area contributed by atoms with E-state index in [4.69, 9.17) is 5.26 Å². The van der Waals surface area contributed by atoms with Crippen molar-refractivity contribution in [3.05, 3.63) is 53.8 Å². The molecular weight excluding hydrogens is 205 g/mol. The molecule has 0 heterocycles. The molecule has 0 fully saturated rings. The highest BCUT2D eigenvalue weighted by Crippen LogP contribution is 2.25. The SMILES string of the molecule is N#Cc1cc(-c2ccc(F)cc2)ccc1O. The fourth-order valence-corrected chi connectivity index (χ4v) is 1.45. The lowest BCUT2D eigenvalue weighted by Gasteiger charge is -2.03. The van der Waals surface area contributed by atoms with Gasteiger partial charge in [-0.25, -0.2) is 4.39 Å². The zero-order chi connectivity index (χ0) is 11.5. The van der Waals surface area contributed by atoms with E-state index in [0.29, 0.717) is 0 Å². The van der Waals surface area contributed by atoms with Gasteiger partial charge in [-0.2, -0.15) is 5.26 Å². The molecule has 2 rings (SSSR count). The van der Waals surface area contributed by atoms with Crippen LogP contribution in [0.1, 0.15) is 5.56 Å². The fourth-order valence-electron chi connectivity index (χ4n) is 1.45. The van der Waals surface area contributed by atoms with E-state index >= 15 is 0 Å². The summed E-state index contributed by atoms with van der Waals surface area (Å²) in [7, 11) is 0. The summed E-state index contributed by atoms with van der Waals surface area (Å²) in [5, 5.41) is 18.1. The number of nitriles is 1. The second kappa shape index (κ2) is 4.03. The van der Waals surface area contributed by atoms with Crippen molar-refractivity contribution in [2.45, 2.75) is 0 Å². The second-order valence-electron chi connectivity index (χ2n) is 3.35. The Labute approximate surface area is 92.2 Å². The van der Waals surface area contributed by atoms with Gasteiger partial charge in [0.1, 0.15) is 17.6 Å². The average molecular weight is 213 g/mol. The van der Waals surface area contributed by atoms with Crippen LogP contribution in [-0.2, 0) is 0 Å². The molecule has 0 atom stereocenters. The minimum Gasteiger partial charge on any atom is -0.507 e. The number of hydrogen-bond donors (Lipinski definition) is 1. The van der Waals surface area contributed by atoms with Crippen LogP contribution in [0.4, 0.5) is 4.39 Å². The number of rotatable bonds is 1. The Hall–Kier alpha value is -2.34. The molecule has 1 N–H and O–H groups in total. The van der Waals surface area contributed by atoms with Gasteiger partial charge in [-0.1, -0.05) is 18.2 Å². The van der Waals surface area contributed by atoms with Gasteiger partial charge >= 0.3 is 0 Å². The lowest BCUT2D eigenvalue weighted by atomic mass is 10.0. The minimum absolute atomic E-state index is 0.0478. The Morgan fingerprint density at radius 3 is 2.25 bits per heavy atom. The smallest absolute Gasteiger partial charge is 0.133 e. The molecule has 16 heavy (non-hydrogen) atoms. The summed E-state index contributed by atoms with van der Waals surface area (Å²) in [4.78, 5) is 0. The van der Waals surface area contributed by atoms with Crippen molar-refractivity contribution in [2.24, 2.45) is 0 Å². The highest BCUT2D eigenvalue weighted by molar-refractivity contribution is 5.67.